The first kappa shape index (κ1) is 10.2. The molecular weight excluding hydrogens is 212 g/mol. The Morgan fingerprint density at radius 1 is 1.47 bits per heavy atom. The lowest BCUT2D eigenvalue weighted by Crippen LogP contribution is -2.12. The summed E-state index contributed by atoms with van der Waals surface area (Å²) in [5, 5.41) is 9.09. The summed E-state index contributed by atoms with van der Waals surface area (Å²) in [6, 6.07) is 5.11. The number of carboxylic acid groups (broad SMARTS) is 1. The Kier molecular flexibility index (Phi) is 2.52. The molecule has 1 unspecified atom stereocenters. The van der Waals surface area contributed by atoms with Crippen LogP contribution in [0.5, 0.6) is 0 Å². The van der Waals surface area contributed by atoms with Gasteiger partial charge in [0, 0.05) is 15.7 Å². The van der Waals surface area contributed by atoms with Gasteiger partial charge in [-0.3, -0.25) is 4.79 Å². The van der Waals surface area contributed by atoms with E-state index in [1.807, 2.05) is 6.07 Å². The van der Waals surface area contributed by atoms with Gasteiger partial charge in [0.1, 0.15) is 0 Å². The van der Waals surface area contributed by atoms with E-state index in [1.54, 1.807) is 23.9 Å². The van der Waals surface area contributed by atoms with Crippen LogP contribution < -0.4 is 0 Å². The fraction of sp³-hybridized carbons (Fsp3) is 0.273. The van der Waals surface area contributed by atoms with Crippen molar-refractivity contribution in [2.75, 3.05) is 0 Å². The number of ketones is 1. The Hall–Kier alpha value is -1.29. The highest BCUT2D eigenvalue weighted by Gasteiger charge is 2.21. The zero-order valence-electron chi connectivity index (χ0n) is 8.19. The minimum Gasteiger partial charge on any atom is -0.475 e. The van der Waals surface area contributed by atoms with Crippen LogP contribution in [0.1, 0.15) is 22.8 Å². The highest BCUT2D eigenvalue weighted by molar-refractivity contribution is 8.00. The molecule has 0 aromatic heterocycles. The Labute approximate surface area is 91.5 Å². The van der Waals surface area contributed by atoms with E-state index < -0.39 is 11.8 Å². The molecule has 0 saturated heterocycles. The second-order valence-electron chi connectivity index (χ2n) is 3.59. The standard InChI is InChI=1S/C11H10O3S/c1-6-4-8-5-7(10(12)11(13)14)2-3-9(8)15-6/h2-3,5-6H,4H2,1H3,(H,13,14). The van der Waals surface area contributed by atoms with Crippen LogP contribution in [0.15, 0.2) is 23.1 Å². The molecule has 15 heavy (non-hydrogen) atoms. The van der Waals surface area contributed by atoms with E-state index in [0.29, 0.717) is 5.25 Å². The van der Waals surface area contributed by atoms with Crippen LogP contribution in [0.25, 0.3) is 0 Å². The van der Waals surface area contributed by atoms with Crippen LogP contribution in [0.2, 0.25) is 0 Å². The van der Waals surface area contributed by atoms with Gasteiger partial charge in [-0.25, -0.2) is 4.79 Å². The van der Waals surface area contributed by atoms with Gasteiger partial charge < -0.3 is 5.11 Å². The van der Waals surface area contributed by atoms with Crippen LogP contribution >= 0.6 is 11.8 Å². The molecular formula is C11H10O3S. The summed E-state index contributed by atoms with van der Waals surface area (Å²) in [6.07, 6.45) is 0.904. The molecule has 0 fully saturated rings. The number of carboxylic acids is 1. The van der Waals surface area contributed by atoms with E-state index in [2.05, 4.69) is 6.92 Å². The molecule has 1 atom stereocenters. The summed E-state index contributed by atoms with van der Waals surface area (Å²) in [6.45, 7) is 2.11. The first-order chi connectivity index (χ1) is 7.08. The van der Waals surface area contributed by atoms with Crippen molar-refractivity contribution in [2.45, 2.75) is 23.5 Å². The molecule has 0 aliphatic carbocycles. The summed E-state index contributed by atoms with van der Waals surface area (Å²) in [5.41, 5.74) is 1.36. The quantitative estimate of drug-likeness (QED) is 0.614. The average Bonchev–Trinajstić information content (AvgIpc) is 2.55. The van der Waals surface area contributed by atoms with Gasteiger partial charge in [-0.2, -0.15) is 0 Å². The maximum Gasteiger partial charge on any atom is 0.377 e. The Morgan fingerprint density at radius 2 is 2.20 bits per heavy atom. The number of rotatable bonds is 2. The predicted octanol–water partition coefficient (Wildman–Crippen LogP) is 1.99. The summed E-state index contributed by atoms with van der Waals surface area (Å²) >= 11 is 1.76. The number of fused-ring (bicyclic) bond motifs is 1. The van der Waals surface area contributed by atoms with Crippen molar-refractivity contribution in [1.29, 1.82) is 0 Å². The SMILES string of the molecule is CC1Cc2cc(C(=O)C(=O)O)ccc2S1. The third-order valence-corrected chi connectivity index (χ3v) is 3.57. The third-order valence-electron chi connectivity index (χ3n) is 2.35. The monoisotopic (exact) mass is 222 g/mol. The van der Waals surface area contributed by atoms with Crippen LogP contribution in [0.4, 0.5) is 0 Å². The normalized spacial score (nSPS) is 18.6. The van der Waals surface area contributed by atoms with E-state index >= 15 is 0 Å². The number of aliphatic carboxylic acids is 1. The first-order valence-electron chi connectivity index (χ1n) is 4.65. The van der Waals surface area contributed by atoms with Crippen LogP contribution in [-0.2, 0) is 11.2 Å². The molecule has 1 aliphatic heterocycles. The number of benzene rings is 1. The topological polar surface area (TPSA) is 54.4 Å². The van der Waals surface area contributed by atoms with E-state index in [9.17, 15) is 9.59 Å². The summed E-state index contributed by atoms with van der Waals surface area (Å²) in [7, 11) is 0. The van der Waals surface area contributed by atoms with E-state index in [-0.39, 0.29) is 5.56 Å². The largest absolute Gasteiger partial charge is 0.475 e. The average molecular weight is 222 g/mol. The molecule has 1 aromatic rings. The van der Waals surface area contributed by atoms with Crippen molar-refractivity contribution < 1.29 is 14.7 Å². The van der Waals surface area contributed by atoms with E-state index in [0.717, 1.165) is 16.9 Å². The molecule has 1 aliphatic rings. The summed E-state index contributed by atoms with van der Waals surface area (Å²) in [4.78, 5) is 22.9. The lowest BCUT2D eigenvalue weighted by molar-refractivity contribution is -0.131. The lowest BCUT2D eigenvalue weighted by atomic mass is 10.0. The van der Waals surface area contributed by atoms with Gasteiger partial charge in [0.15, 0.2) is 0 Å². The fourth-order valence-electron chi connectivity index (χ4n) is 1.69. The number of carbonyl (C=O) groups excluding carboxylic acids is 1. The van der Waals surface area contributed by atoms with Crippen LogP contribution in [-0.4, -0.2) is 22.1 Å². The zero-order chi connectivity index (χ0) is 11.0. The predicted molar refractivity (Wildman–Crippen MR) is 57.4 cm³/mol. The van der Waals surface area contributed by atoms with Crippen molar-refractivity contribution in [1.82, 2.24) is 0 Å². The minimum absolute atomic E-state index is 0.274. The van der Waals surface area contributed by atoms with Gasteiger partial charge in [0.05, 0.1) is 0 Å². The second-order valence-corrected chi connectivity index (χ2v) is 5.07. The van der Waals surface area contributed by atoms with Crippen molar-refractivity contribution in [3.8, 4) is 0 Å². The molecule has 2 rings (SSSR count). The number of carbonyl (C=O) groups is 2. The number of thioether (sulfide) groups is 1. The van der Waals surface area contributed by atoms with Gasteiger partial charge in [0.2, 0.25) is 0 Å². The molecule has 0 saturated carbocycles. The number of hydrogen-bond donors (Lipinski definition) is 1. The van der Waals surface area contributed by atoms with Gasteiger partial charge in [-0.05, 0) is 30.2 Å². The molecule has 0 radical (unpaired) electrons. The molecule has 1 N–H and O–H groups in total. The van der Waals surface area contributed by atoms with Gasteiger partial charge in [-0.15, -0.1) is 11.8 Å². The Balaban J connectivity index is 2.35. The van der Waals surface area contributed by atoms with Crippen molar-refractivity contribution in [2.24, 2.45) is 0 Å². The zero-order valence-corrected chi connectivity index (χ0v) is 9.00. The fourth-order valence-corrected chi connectivity index (χ4v) is 2.82. The van der Waals surface area contributed by atoms with Crippen molar-refractivity contribution >= 4 is 23.5 Å². The first-order valence-corrected chi connectivity index (χ1v) is 5.53. The maximum absolute atomic E-state index is 11.2. The molecule has 4 heteroatoms. The van der Waals surface area contributed by atoms with Crippen LogP contribution in [0, 0.1) is 0 Å². The van der Waals surface area contributed by atoms with Crippen molar-refractivity contribution in [3.63, 3.8) is 0 Å². The number of Topliss-reactive ketones (excluding diaryl/α,β-unsaturated/α-hetero) is 1. The van der Waals surface area contributed by atoms with Gasteiger partial charge in [-0.1, -0.05) is 6.92 Å². The molecule has 3 nitrogen and oxygen atoms in total. The molecule has 78 valence electrons. The Bertz CT molecular complexity index is 439. The molecule has 1 heterocycles. The smallest absolute Gasteiger partial charge is 0.377 e. The van der Waals surface area contributed by atoms with E-state index in [4.69, 9.17) is 5.11 Å². The minimum atomic E-state index is -1.39. The third kappa shape index (κ3) is 1.90. The number of hydrogen-bond acceptors (Lipinski definition) is 3. The van der Waals surface area contributed by atoms with E-state index in [1.165, 1.54) is 0 Å². The molecule has 1 aromatic carbocycles. The van der Waals surface area contributed by atoms with Gasteiger partial charge >= 0.3 is 5.97 Å². The second kappa shape index (κ2) is 3.70. The highest BCUT2D eigenvalue weighted by Crippen LogP contribution is 2.37. The Morgan fingerprint density at radius 3 is 2.87 bits per heavy atom. The summed E-state index contributed by atoms with van der Waals surface area (Å²) in [5.74, 6) is -2.23. The molecule has 0 bridgehead atoms. The van der Waals surface area contributed by atoms with Gasteiger partial charge in [0.25, 0.3) is 5.78 Å². The van der Waals surface area contributed by atoms with Crippen molar-refractivity contribution in [3.05, 3.63) is 29.3 Å². The van der Waals surface area contributed by atoms with Crippen LogP contribution in [0.3, 0.4) is 0 Å². The molecule has 0 spiro atoms. The summed E-state index contributed by atoms with van der Waals surface area (Å²) < 4.78 is 0. The molecule has 0 amide bonds. The maximum atomic E-state index is 11.2. The lowest BCUT2D eigenvalue weighted by Gasteiger charge is -2.00. The highest BCUT2D eigenvalue weighted by atomic mass is 32.2.